The predicted octanol–water partition coefficient (Wildman–Crippen LogP) is 2.60. The summed E-state index contributed by atoms with van der Waals surface area (Å²) in [4.78, 5) is 12.3. The third-order valence-corrected chi connectivity index (χ3v) is 3.83. The van der Waals surface area contributed by atoms with Gasteiger partial charge in [-0.3, -0.25) is 4.79 Å². The number of rotatable bonds is 3. The molecule has 1 amide bonds. The van der Waals surface area contributed by atoms with Gasteiger partial charge in [-0.2, -0.15) is 0 Å². The smallest absolute Gasteiger partial charge is 0.277 e. The molecule has 7 heteroatoms. The molecule has 0 radical (unpaired) electrons. The molecule has 0 atom stereocenters. The molecule has 1 N–H and O–H groups in total. The Bertz CT molecular complexity index is 918. The molecule has 1 aromatic heterocycles. The molecule has 1 aliphatic rings. The van der Waals surface area contributed by atoms with Crippen molar-refractivity contribution in [3.63, 3.8) is 0 Å². The monoisotopic (exact) mass is 336 g/mol. The van der Waals surface area contributed by atoms with E-state index in [1.807, 2.05) is 49.4 Å². The quantitative estimate of drug-likeness (QED) is 0.795. The fraction of sp³-hybridized carbons (Fsp3) is 0.167. The number of hydrogen-bond donors (Lipinski definition) is 1. The summed E-state index contributed by atoms with van der Waals surface area (Å²) >= 11 is 0. The van der Waals surface area contributed by atoms with E-state index < -0.39 is 0 Å². The average Bonchev–Trinajstić information content (AvgIpc) is 3.13. The lowest BCUT2D eigenvalue weighted by Crippen LogP contribution is -2.15. The summed E-state index contributed by atoms with van der Waals surface area (Å²) in [5.41, 5.74) is 2.81. The first-order valence-corrected chi connectivity index (χ1v) is 7.89. The summed E-state index contributed by atoms with van der Waals surface area (Å²) in [5.74, 6) is 1.05. The second-order valence-corrected chi connectivity index (χ2v) is 5.70. The highest BCUT2D eigenvalue weighted by Gasteiger charge is 2.15. The van der Waals surface area contributed by atoms with Crippen molar-refractivity contribution in [2.45, 2.75) is 6.92 Å². The third kappa shape index (κ3) is 3.16. The first kappa shape index (κ1) is 15.2. The zero-order chi connectivity index (χ0) is 17.2. The maximum Gasteiger partial charge on any atom is 0.277 e. The number of nitrogens with zero attached hydrogens (tertiary/aromatic N) is 3. The number of hydrogen-bond acceptors (Lipinski definition) is 5. The molecule has 0 spiro atoms. The first-order valence-electron chi connectivity index (χ1n) is 7.89. The average molecular weight is 336 g/mol. The summed E-state index contributed by atoms with van der Waals surface area (Å²) < 4.78 is 12.6. The number of ether oxygens (including phenoxy) is 2. The van der Waals surface area contributed by atoms with E-state index in [0.717, 1.165) is 11.3 Å². The van der Waals surface area contributed by atoms with E-state index in [1.165, 1.54) is 4.68 Å². The molecule has 0 saturated heterocycles. The van der Waals surface area contributed by atoms with Gasteiger partial charge < -0.3 is 14.8 Å². The minimum atomic E-state index is -0.312. The van der Waals surface area contributed by atoms with Crippen molar-refractivity contribution in [1.29, 1.82) is 0 Å². The molecular weight excluding hydrogens is 320 g/mol. The SMILES string of the molecule is Cc1ccc(NC(=O)c2cn(-c3ccc4c(c3)OCCO4)nn2)cc1. The number of aromatic nitrogens is 3. The molecule has 0 unspecified atom stereocenters. The summed E-state index contributed by atoms with van der Waals surface area (Å²) in [6, 6.07) is 13.0. The second kappa shape index (κ2) is 6.27. The van der Waals surface area contributed by atoms with Crippen LogP contribution in [0.3, 0.4) is 0 Å². The Morgan fingerprint density at radius 1 is 1.08 bits per heavy atom. The van der Waals surface area contributed by atoms with Crippen molar-refractivity contribution in [3.8, 4) is 17.2 Å². The van der Waals surface area contributed by atoms with Crippen LogP contribution in [0.4, 0.5) is 5.69 Å². The van der Waals surface area contributed by atoms with Crippen LogP contribution in [0.15, 0.2) is 48.7 Å². The number of amides is 1. The van der Waals surface area contributed by atoms with Crippen LogP contribution in [-0.2, 0) is 0 Å². The highest BCUT2D eigenvalue weighted by molar-refractivity contribution is 6.02. The van der Waals surface area contributed by atoms with E-state index in [4.69, 9.17) is 9.47 Å². The molecule has 4 rings (SSSR count). The van der Waals surface area contributed by atoms with Crippen LogP contribution in [-0.4, -0.2) is 34.1 Å². The fourth-order valence-electron chi connectivity index (χ4n) is 2.50. The molecule has 0 bridgehead atoms. The lowest BCUT2D eigenvalue weighted by atomic mass is 10.2. The van der Waals surface area contributed by atoms with Crippen molar-refractivity contribution >= 4 is 11.6 Å². The van der Waals surface area contributed by atoms with Crippen molar-refractivity contribution in [1.82, 2.24) is 15.0 Å². The second-order valence-electron chi connectivity index (χ2n) is 5.70. The van der Waals surface area contributed by atoms with Crippen molar-refractivity contribution in [2.24, 2.45) is 0 Å². The van der Waals surface area contributed by atoms with Gasteiger partial charge in [-0.1, -0.05) is 22.9 Å². The van der Waals surface area contributed by atoms with E-state index >= 15 is 0 Å². The lowest BCUT2D eigenvalue weighted by Gasteiger charge is -2.18. The van der Waals surface area contributed by atoms with Crippen molar-refractivity contribution < 1.29 is 14.3 Å². The van der Waals surface area contributed by atoms with E-state index in [0.29, 0.717) is 30.4 Å². The van der Waals surface area contributed by atoms with Gasteiger partial charge in [-0.25, -0.2) is 4.68 Å². The molecule has 7 nitrogen and oxygen atoms in total. The number of aryl methyl sites for hydroxylation is 1. The number of carbonyl (C=O) groups is 1. The molecule has 0 aliphatic carbocycles. The van der Waals surface area contributed by atoms with Crippen LogP contribution in [0.2, 0.25) is 0 Å². The number of nitrogens with one attached hydrogen (secondary N) is 1. The zero-order valence-corrected chi connectivity index (χ0v) is 13.6. The minimum absolute atomic E-state index is 0.232. The van der Waals surface area contributed by atoms with Crippen LogP contribution in [0.1, 0.15) is 16.1 Å². The number of benzene rings is 2. The van der Waals surface area contributed by atoms with Gasteiger partial charge in [0.1, 0.15) is 13.2 Å². The van der Waals surface area contributed by atoms with Gasteiger partial charge in [-0.05, 0) is 31.2 Å². The third-order valence-electron chi connectivity index (χ3n) is 3.83. The van der Waals surface area contributed by atoms with Gasteiger partial charge in [0.15, 0.2) is 17.2 Å². The molecule has 0 fully saturated rings. The lowest BCUT2D eigenvalue weighted by molar-refractivity contribution is 0.102. The van der Waals surface area contributed by atoms with Gasteiger partial charge in [0.2, 0.25) is 0 Å². The van der Waals surface area contributed by atoms with Crippen LogP contribution in [0.5, 0.6) is 11.5 Å². The van der Waals surface area contributed by atoms with Gasteiger partial charge in [-0.15, -0.1) is 5.10 Å². The highest BCUT2D eigenvalue weighted by Crippen LogP contribution is 2.31. The maximum absolute atomic E-state index is 12.3. The van der Waals surface area contributed by atoms with E-state index in [9.17, 15) is 4.79 Å². The molecule has 3 aromatic rings. The fourth-order valence-corrected chi connectivity index (χ4v) is 2.50. The minimum Gasteiger partial charge on any atom is -0.486 e. The molecular formula is C18H16N4O3. The molecule has 0 saturated carbocycles. The predicted molar refractivity (Wildman–Crippen MR) is 91.5 cm³/mol. The Hall–Kier alpha value is -3.35. The summed E-state index contributed by atoms with van der Waals surface area (Å²) in [7, 11) is 0. The topological polar surface area (TPSA) is 78.3 Å². The Kier molecular flexibility index (Phi) is 3.81. The van der Waals surface area contributed by atoms with Crippen molar-refractivity contribution in [2.75, 3.05) is 18.5 Å². The largest absolute Gasteiger partial charge is 0.486 e. The van der Waals surface area contributed by atoms with Crippen LogP contribution >= 0.6 is 0 Å². The number of anilines is 1. The van der Waals surface area contributed by atoms with Crippen LogP contribution < -0.4 is 14.8 Å². The number of carbonyl (C=O) groups excluding carboxylic acids is 1. The molecule has 1 aliphatic heterocycles. The summed E-state index contributed by atoms with van der Waals surface area (Å²) in [5, 5.41) is 10.8. The van der Waals surface area contributed by atoms with Crippen LogP contribution in [0.25, 0.3) is 5.69 Å². The van der Waals surface area contributed by atoms with Gasteiger partial charge >= 0.3 is 0 Å². The van der Waals surface area contributed by atoms with Gasteiger partial charge in [0, 0.05) is 11.8 Å². The number of fused-ring (bicyclic) bond motifs is 1. The Labute approximate surface area is 144 Å². The normalized spacial score (nSPS) is 12.7. The Morgan fingerprint density at radius 2 is 1.84 bits per heavy atom. The maximum atomic E-state index is 12.3. The standard InChI is InChI=1S/C18H16N4O3/c1-12-2-4-13(5-3-12)19-18(23)15-11-22(21-20-15)14-6-7-16-17(10-14)25-9-8-24-16/h2-7,10-11H,8-9H2,1H3,(H,19,23). The zero-order valence-electron chi connectivity index (χ0n) is 13.6. The first-order chi connectivity index (χ1) is 12.2. The summed E-state index contributed by atoms with van der Waals surface area (Å²) in [6.45, 7) is 3.04. The molecule has 2 heterocycles. The highest BCUT2D eigenvalue weighted by atomic mass is 16.6. The van der Waals surface area contributed by atoms with Gasteiger partial charge in [0.25, 0.3) is 5.91 Å². The van der Waals surface area contributed by atoms with E-state index in [-0.39, 0.29) is 11.6 Å². The van der Waals surface area contributed by atoms with E-state index in [2.05, 4.69) is 15.6 Å². The van der Waals surface area contributed by atoms with Crippen molar-refractivity contribution in [3.05, 3.63) is 59.9 Å². The Balaban J connectivity index is 1.53. The molecule has 2 aromatic carbocycles. The van der Waals surface area contributed by atoms with E-state index in [1.54, 1.807) is 6.20 Å². The van der Waals surface area contributed by atoms with Crippen LogP contribution in [0, 0.1) is 6.92 Å². The van der Waals surface area contributed by atoms with Gasteiger partial charge in [0.05, 0.1) is 11.9 Å². The summed E-state index contributed by atoms with van der Waals surface area (Å²) in [6.07, 6.45) is 1.58. The Morgan fingerprint density at radius 3 is 2.64 bits per heavy atom. The molecule has 25 heavy (non-hydrogen) atoms. The molecule has 126 valence electrons.